The maximum atomic E-state index is 14.3. The van der Waals surface area contributed by atoms with Crippen LogP contribution in [0.5, 0.6) is 11.5 Å². The van der Waals surface area contributed by atoms with Gasteiger partial charge in [0.15, 0.2) is 17.3 Å². The number of aryl methyl sites for hydroxylation is 1. The summed E-state index contributed by atoms with van der Waals surface area (Å²) in [5.41, 5.74) is 3.96. The van der Waals surface area contributed by atoms with E-state index in [4.69, 9.17) is 13.9 Å². The van der Waals surface area contributed by atoms with E-state index in [1.165, 1.54) is 6.26 Å². The molecule has 6 rings (SSSR count). The number of fused-ring (bicyclic) bond motifs is 3. The molecule has 8 heteroatoms. The van der Waals surface area contributed by atoms with Crippen LogP contribution < -0.4 is 14.8 Å². The number of nitrogens with one attached hydrogen (secondary N) is 1. The number of rotatable bonds is 11. The minimum absolute atomic E-state index is 0.0992. The van der Waals surface area contributed by atoms with Gasteiger partial charge in [-0.3, -0.25) is 9.59 Å². The molecule has 0 saturated heterocycles. The third kappa shape index (κ3) is 5.64. The Morgan fingerprint density at radius 2 is 1.70 bits per heavy atom. The molecular formula is C36H39N3O5. The van der Waals surface area contributed by atoms with Gasteiger partial charge in [0.05, 0.1) is 20.5 Å². The summed E-state index contributed by atoms with van der Waals surface area (Å²) in [6.07, 6.45) is 6.05. The van der Waals surface area contributed by atoms with Crippen LogP contribution in [0.15, 0.2) is 83.5 Å². The van der Waals surface area contributed by atoms with E-state index < -0.39 is 6.04 Å². The highest BCUT2D eigenvalue weighted by atomic mass is 16.5. The van der Waals surface area contributed by atoms with Crippen molar-refractivity contribution in [2.45, 2.75) is 57.7 Å². The predicted octanol–water partition coefficient (Wildman–Crippen LogP) is 6.91. The second-order valence-corrected chi connectivity index (χ2v) is 11.3. The van der Waals surface area contributed by atoms with E-state index in [1.54, 1.807) is 31.3 Å². The van der Waals surface area contributed by atoms with Crippen molar-refractivity contribution in [1.82, 2.24) is 14.8 Å². The second kappa shape index (κ2) is 12.9. The maximum Gasteiger partial charge on any atom is 0.290 e. The molecule has 0 unspecified atom stereocenters. The monoisotopic (exact) mass is 593 g/mol. The molecule has 0 bridgehead atoms. The van der Waals surface area contributed by atoms with E-state index in [9.17, 15) is 9.59 Å². The lowest BCUT2D eigenvalue weighted by molar-refractivity contribution is -0.126. The Labute approximate surface area is 257 Å². The van der Waals surface area contributed by atoms with Crippen LogP contribution in [0, 0.1) is 0 Å². The fraction of sp³-hybridized carbons (Fsp3) is 0.333. The van der Waals surface area contributed by atoms with Crippen molar-refractivity contribution < 1.29 is 23.5 Å². The summed E-state index contributed by atoms with van der Waals surface area (Å²) in [5.74, 6) is 0.927. The number of amides is 2. The molecule has 2 heterocycles. The van der Waals surface area contributed by atoms with Crippen molar-refractivity contribution in [3.63, 3.8) is 0 Å². The summed E-state index contributed by atoms with van der Waals surface area (Å²) in [7, 11) is 3.20. The highest BCUT2D eigenvalue weighted by Crippen LogP contribution is 2.34. The van der Waals surface area contributed by atoms with Gasteiger partial charge in [-0.1, -0.05) is 43.2 Å². The van der Waals surface area contributed by atoms with Crippen LogP contribution in [-0.2, 0) is 17.8 Å². The van der Waals surface area contributed by atoms with Crippen LogP contribution in [0.3, 0.4) is 0 Å². The Morgan fingerprint density at radius 3 is 2.43 bits per heavy atom. The Bertz CT molecular complexity index is 1770. The van der Waals surface area contributed by atoms with Gasteiger partial charge in [0.2, 0.25) is 5.91 Å². The first-order valence-electron chi connectivity index (χ1n) is 15.4. The van der Waals surface area contributed by atoms with E-state index in [0.717, 1.165) is 65.2 Å². The molecule has 1 aliphatic rings. The van der Waals surface area contributed by atoms with Gasteiger partial charge in [0, 0.05) is 40.9 Å². The zero-order valence-electron chi connectivity index (χ0n) is 25.5. The van der Waals surface area contributed by atoms with Crippen molar-refractivity contribution in [3.8, 4) is 11.5 Å². The third-order valence-corrected chi connectivity index (χ3v) is 8.77. The first-order valence-corrected chi connectivity index (χ1v) is 15.4. The number of furan rings is 1. The summed E-state index contributed by atoms with van der Waals surface area (Å²) in [4.78, 5) is 30.1. The number of hydrogen-bond acceptors (Lipinski definition) is 5. The molecule has 0 aliphatic heterocycles. The number of ether oxygens (including phenoxy) is 2. The van der Waals surface area contributed by atoms with Gasteiger partial charge in [-0.2, -0.15) is 0 Å². The average Bonchev–Trinajstić information content (AvgIpc) is 3.83. The van der Waals surface area contributed by atoms with Crippen LogP contribution >= 0.6 is 0 Å². The number of methoxy groups -OCH3 is 2. The van der Waals surface area contributed by atoms with Gasteiger partial charge in [0.25, 0.3) is 5.91 Å². The molecule has 1 fully saturated rings. The third-order valence-electron chi connectivity index (χ3n) is 8.77. The standard InChI is InChI=1S/C36H39N3O5/c1-4-38-29-13-8-7-12-27(29)28-23-25(16-17-30(28)38)34(35(40)37-26-10-5-6-11-26)39(36(41)32-14-9-21-44-32)20-19-24-15-18-31(42-2)33(22-24)43-3/h7-9,12-18,21-23,26,34H,4-6,10-11,19-20H2,1-3H3,(H,37,40)/t34-/m0/s1. The SMILES string of the molecule is CCn1c2ccccc2c2cc([C@@H](C(=O)NC3CCCC3)N(CCc3ccc(OC)c(OC)c3)C(=O)c3ccco3)ccc21. The number of benzene rings is 3. The van der Waals surface area contributed by atoms with Crippen molar-refractivity contribution >= 4 is 33.6 Å². The van der Waals surface area contributed by atoms with Crippen LogP contribution in [-0.4, -0.2) is 48.1 Å². The number of nitrogens with zero attached hydrogens (tertiary/aromatic N) is 2. The number of hydrogen-bond donors (Lipinski definition) is 1. The van der Waals surface area contributed by atoms with E-state index in [1.807, 2.05) is 36.4 Å². The van der Waals surface area contributed by atoms with Crippen molar-refractivity contribution in [2.24, 2.45) is 0 Å². The van der Waals surface area contributed by atoms with Gasteiger partial charge >= 0.3 is 0 Å². The largest absolute Gasteiger partial charge is 0.493 e. The van der Waals surface area contributed by atoms with E-state index in [2.05, 4.69) is 41.1 Å². The van der Waals surface area contributed by atoms with E-state index in [0.29, 0.717) is 17.9 Å². The normalized spacial score (nSPS) is 14.2. The number of aromatic nitrogens is 1. The summed E-state index contributed by atoms with van der Waals surface area (Å²) in [6.45, 7) is 3.24. The molecule has 8 nitrogen and oxygen atoms in total. The molecule has 0 radical (unpaired) electrons. The van der Waals surface area contributed by atoms with Crippen molar-refractivity contribution in [2.75, 3.05) is 20.8 Å². The number of carbonyl (C=O) groups is 2. The van der Waals surface area contributed by atoms with Crippen LogP contribution in [0.2, 0.25) is 0 Å². The molecule has 1 aliphatic carbocycles. The predicted molar refractivity (Wildman–Crippen MR) is 171 cm³/mol. The van der Waals surface area contributed by atoms with Gasteiger partial charge in [-0.05, 0) is 79.8 Å². The zero-order valence-corrected chi connectivity index (χ0v) is 25.5. The lowest BCUT2D eigenvalue weighted by atomic mass is 9.99. The lowest BCUT2D eigenvalue weighted by Gasteiger charge is -2.32. The first-order chi connectivity index (χ1) is 21.5. The summed E-state index contributed by atoms with van der Waals surface area (Å²) >= 11 is 0. The van der Waals surface area contributed by atoms with Gasteiger partial charge in [-0.15, -0.1) is 0 Å². The maximum absolute atomic E-state index is 14.3. The Hall–Kier alpha value is -4.72. The lowest BCUT2D eigenvalue weighted by Crippen LogP contribution is -2.46. The summed E-state index contributed by atoms with van der Waals surface area (Å²) in [5, 5.41) is 5.47. The Morgan fingerprint density at radius 1 is 0.932 bits per heavy atom. The minimum Gasteiger partial charge on any atom is -0.493 e. The van der Waals surface area contributed by atoms with Crippen LogP contribution in [0.25, 0.3) is 21.8 Å². The fourth-order valence-electron chi connectivity index (χ4n) is 6.58. The molecule has 3 aromatic carbocycles. The van der Waals surface area contributed by atoms with Crippen molar-refractivity contribution in [3.05, 3.63) is 95.9 Å². The van der Waals surface area contributed by atoms with Crippen molar-refractivity contribution in [1.29, 1.82) is 0 Å². The molecule has 1 saturated carbocycles. The van der Waals surface area contributed by atoms with Crippen LogP contribution in [0.4, 0.5) is 0 Å². The average molecular weight is 594 g/mol. The molecule has 1 atom stereocenters. The van der Waals surface area contributed by atoms with Gasteiger partial charge in [-0.25, -0.2) is 0 Å². The molecule has 5 aromatic rings. The van der Waals surface area contributed by atoms with E-state index in [-0.39, 0.29) is 30.2 Å². The molecule has 44 heavy (non-hydrogen) atoms. The first kappa shape index (κ1) is 29.4. The Balaban J connectivity index is 1.44. The Kier molecular flexibility index (Phi) is 8.59. The van der Waals surface area contributed by atoms with E-state index >= 15 is 0 Å². The molecule has 0 spiro atoms. The summed E-state index contributed by atoms with van der Waals surface area (Å²) in [6, 6.07) is 22.8. The smallest absolute Gasteiger partial charge is 0.290 e. The highest BCUT2D eigenvalue weighted by Gasteiger charge is 2.35. The second-order valence-electron chi connectivity index (χ2n) is 11.3. The molecule has 2 amide bonds. The summed E-state index contributed by atoms with van der Waals surface area (Å²) < 4.78 is 18.8. The zero-order chi connectivity index (χ0) is 30.6. The molecule has 228 valence electrons. The van der Waals surface area contributed by atoms with Crippen LogP contribution in [0.1, 0.15) is 60.3 Å². The molecular weight excluding hydrogens is 554 g/mol. The fourth-order valence-corrected chi connectivity index (χ4v) is 6.58. The quantitative estimate of drug-likeness (QED) is 0.180. The van der Waals surface area contributed by atoms with Gasteiger partial charge in [0.1, 0.15) is 6.04 Å². The topological polar surface area (TPSA) is 85.9 Å². The highest BCUT2D eigenvalue weighted by molar-refractivity contribution is 6.08. The number of carbonyl (C=O) groups excluding carboxylic acids is 2. The number of para-hydroxylation sites is 1. The molecule has 1 N–H and O–H groups in total. The molecule has 2 aromatic heterocycles. The van der Waals surface area contributed by atoms with Gasteiger partial charge < -0.3 is 28.7 Å². The minimum atomic E-state index is -0.860.